The molecule has 150 valence electrons. The lowest BCUT2D eigenvalue weighted by Crippen LogP contribution is -2.47. The quantitative estimate of drug-likeness (QED) is 0.779. The topological polar surface area (TPSA) is 87.3 Å². The van der Waals surface area contributed by atoms with Gasteiger partial charge < -0.3 is 19.9 Å². The highest BCUT2D eigenvalue weighted by atomic mass is 16.6. The van der Waals surface area contributed by atoms with Crippen LogP contribution in [0.15, 0.2) is 18.5 Å². The molecular formula is C21H28N4O3. The molecule has 28 heavy (non-hydrogen) atoms. The number of carbonyl (C=O) groups excluding carboxylic acids is 2. The summed E-state index contributed by atoms with van der Waals surface area (Å²) in [6.45, 7) is 6.91. The number of likely N-dealkylation sites (tertiary alicyclic amines) is 1. The molecule has 2 N–H and O–H groups in total. The molecule has 0 aromatic carbocycles. The number of ketones is 1. The van der Waals surface area contributed by atoms with Crippen molar-refractivity contribution in [3.63, 3.8) is 0 Å². The Hall–Kier alpha value is -2.57. The van der Waals surface area contributed by atoms with Crippen LogP contribution in [-0.4, -0.2) is 51.5 Å². The van der Waals surface area contributed by atoms with Crippen molar-refractivity contribution in [1.29, 1.82) is 0 Å². The van der Waals surface area contributed by atoms with Crippen LogP contribution in [0.4, 0.5) is 10.5 Å². The number of aromatic amines is 1. The first-order chi connectivity index (χ1) is 13.3. The van der Waals surface area contributed by atoms with E-state index in [-0.39, 0.29) is 23.8 Å². The smallest absolute Gasteiger partial charge is 0.410 e. The second-order valence-electron chi connectivity index (χ2n) is 8.83. The van der Waals surface area contributed by atoms with Gasteiger partial charge in [-0.3, -0.25) is 4.79 Å². The third-order valence-corrected chi connectivity index (χ3v) is 5.22. The molecular weight excluding hydrogens is 356 g/mol. The number of anilines is 1. The van der Waals surface area contributed by atoms with Gasteiger partial charge in [-0.15, -0.1) is 0 Å². The Balaban J connectivity index is 1.52. The maximum absolute atomic E-state index is 12.7. The van der Waals surface area contributed by atoms with E-state index in [0.29, 0.717) is 24.3 Å². The molecule has 0 spiro atoms. The zero-order valence-electron chi connectivity index (χ0n) is 16.7. The molecule has 7 heteroatoms. The van der Waals surface area contributed by atoms with E-state index in [1.54, 1.807) is 17.3 Å². The lowest BCUT2D eigenvalue weighted by atomic mass is 10.0. The first kappa shape index (κ1) is 18.8. The van der Waals surface area contributed by atoms with E-state index in [0.717, 1.165) is 36.8 Å². The summed E-state index contributed by atoms with van der Waals surface area (Å²) >= 11 is 0. The molecule has 0 radical (unpaired) electrons. The molecule has 2 fully saturated rings. The number of nitrogens with one attached hydrogen (secondary N) is 2. The normalized spacial score (nSPS) is 20.2. The predicted molar refractivity (Wildman–Crippen MR) is 108 cm³/mol. The number of ether oxygens (including phenoxy) is 1. The van der Waals surface area contributed by atoms with E-state index >= 15 is 0 Å². The number of rotatable bonds is 4. The van der Waals surface area contributed by atoms with Crippen LogP contribution >= 0.6 is 0 Å². The first-order valence-electron chi connectivity index (χ1n) is 10.1. The molecule has 1 saturated carbocycles. The zero-order chi connectivity index (χ0) is 19.9. The number of fused-ring (bicyclic) bond motifs is 1. The van der Waals surface area contributed by atoms with Gasteiger partial charge >= 0.3 is 6.09 Å². The van der Waals surface area contributed by atoms with Gasteiger partial charge in [0.15, 0.2) is 5.78 Å². The number of nitrogens with zero attached hydrogens (tertiary/aromatic N) is 2. The lowest BCUT2D eigenvalue weighted by Gasteiger charge is -2.35. The molecule has 4 rings (SSSR count). The molecule has 1 aliphatic carbocycles. The van der Waals surface area contributed by atoms with E-state index < -0.39 is 5.60 Å². The number of amides is 1. The second-order valence-corrected chi connectivity index (χ2v) is 8.83. The standard InChI is InChI=1S/C21H28N4O3/c1-21(2,3)28-20(27)25-10-4-5-14(12-25)24-16-8-9-22-19-17(16)15(11-23-19)18(26)13-6-7-13/h8-9,11,13-14H,4-7,10,12H2,1-3H3,(H2,22,23,24). The van der Waals surface area contributed by atoms with Crippen molar-refractivity contribution in [2.24, 2.45) is 5.92 Å². The van der Waals surface area contributed by atoms with Crippen molar-refractivity contribution in [2.75, 3.05) is 18.4 Å². The Morgan fingerprint density at radius 2 is 2.07 bits per heavy atom. The van der Waals surface area contributed by atoms with Gasteiger partial charge in [-0.25, -0.2) is 9.78 Å². The second kappa shape index (κ2) is 7.11. The molecule has 0 bridgehead atoms. The maximum Gasteiger partial charge on any atom is 0.410 e. The van der Waals surface area contributed by atoms with Gasteiger partial charge in [0.05, 0.1) is 5.39 Å². The first-order valence-corrected chi connectivity index (χ1v) is 10.1. The number of hydrogen-bond donors (Lipinski definition) is 2. The predicted octanol–water partition coefficient (Wildman–Crippen LogP) is 3.97. The summed E-state index contributed by atoms with van der Waals surface area (Å²) in [6, 6.07) is 2.01. The van der Waals surface area contributed by atoms with Crippen molar-refractivity contribution >= 4 is 28.6 Å². The highest BCUT2D eigenvalue weighted by Crippen LogP contribution is 2.36. The highest BCUT2D eigenvalue weighted by molar-refractivity contribution is 6.12. The van der Waals surface area contributed by atoms with Crippen molar-refractivity contribution in [2.45, 2.75) is 58.1 Å². The van der Waals surface area contributed by atoms with E-state index in [9.17, 15) is 9.59 Å². The summed E-state index contributed by atoms with van der Waals surface area (Å²) in [4.78, 5) is 34.3. The van der Waals surface area contributed by atoms with Crippen molar-refractivity contribution in [3.8, 4) is 0 Å². The number of hydrogen-bond acceptors (Lipinski definition) is 5. The van der Waals surface area contributed by atoms with Gasteiger partial charge in [-0.2, -0.15) is 0 Å². The molecule has 7 nitrogen and oxygen atoms in total. The summed E-state index contributed by atoms with van der Waals surface area (Å²) in [5.74, 6) is 0.353. The van der Waals surface area contributed by atoms with Crippen LogP contribution in [0, 0.1) is 5.92 Å². The summed E-state index contributed by atoms with van der Waals surface area (Å²) in [6.07, 6.45) is 7.05. The third kappa shape index (κ3) is 3.98. The fourth-order valence-electron chi connectivity index (χ4n) is 3.74. The Morgan fingerprint density at radius 1 is 1.29 bits per heavy atom. The van der Waals surface area contributed by atoms with Crippen LogP contribution < -0.4 is 5.32 Å². The van der Waals surface area contributed by atoms with Crippen LogP contribution in [0.2, 0.25) is 0 Å². The SMILES string of the molecule is CC(C)(C)OC(=O)N1CCCC(Nc2ccnc3[nH]cc(C(=O)C4CC4)c23)C1. The lowest BCUT2D eigenvalue weighted by molar-refractivity contribution is 0.0206. The molecule has 1 saturated heterocycles. The van der Waals surface area contributed by atoms with Crippen LogP contribution in [0.25, 0.3) is 11.0 Å². The highest BCUT2D eigenvalue weighted by Gasteiger charge is 2.33. The number of pyridine rings is 1. The van der Waals surface area contributed by atoms with Gasteiger partial charge in [-0.1, -0.05) is 0 Å². The van der Waals surface area contributed by atoms with E-state index in [1.807, 2.05) is 26.8 Å². The Bertz CT molecular complexity index is 895. The van der Waals surface area contributed by atoms with Crippen molar-refractivity contribution < 1.29 is 14.3 Å². The van der Waals surface area contributed by atoms with Gasteiger partial charge in [0.1, 0.15) is 11.2 Å². The summed E-state index contributed by atoms with van der Waals surface area (Å²) in [7, 11) is 0. The number of piperidine rings is 1. The van der Waals surface area contributed by atoms with Gasteiger partial charge in [0.25, 0.3) is 0 Å². The van der Waals surface area contributed by atoms with Crippen molar-refractivity contribution in [3.05, 3.63) is 24.0 Å². The van der Waals surface area contributed by atoms with E-state index in [2.05, 4.69) is 15.3 Å². The molecule has 2 aromatic rings. The Labute approximate surface area is 164 Å². The van der Waals surface area contributed by atoms with Crippen molar-refractivity contribution in [1.82, 2.24) is 14.9 Å². The summed E-state index contributed by atoms with van der Waals surface area (Å²) in [5.41, 5.74) is 1.82. The van der Waals surface area contributed by atoms with Crippen LogP contribution in [0.3, 0.4) is 0 Å². The largest absolute Gasteiger partial charge is 0.444 e. The monoisotopic (exact) mass is 384 g/mol. The fourth-order valence-corrected chi connectivity index (χ4v) is 3.74. The average molecular weight is 384 g/mol. The van der Waals surface area contributed by atoms with Crippen LogP contribution in [-0.2, 0) is 4.74 Å². The minimum absolute atomic E-state index is 0.102. The van der Waals surface area contributed by atoms with Gasteiger partial charge in [0.2, 0.25) is 0 Å². The molecule has 2 aromatic heterocycles. The van der Waals surface area contributed by atoms with Crippen LogP contribution in [0.1, 0.15) is 56.8 Å². The Morgan fingerprint density at radius 3 is 2.79 bits per heavy atom. The summed E-state index contributed by atoms with van der Waals surface area (Å²) < 4.78 is 5.52. The molecule has 2 aliphatic rings. The average Bonchev–Trinajstić information content (AvgIpc) is 3.39. The Kier molecular flexibility index (Phi) is 4.77. The minimum Gasteiger partial charge on any atom is -0.444 e. The number of carbonyl (C=O) groups is 2. The maximum atomic E-state index is 12.7. The summed E-state index contributed by atoms with van der Waals surface area (Å²) in [5, 5.41) is 4.41. The molecule has 3 heterocycles. The molecule has 1 unspecified atom stereocenters. The number of H-pyrrole nitrogens is 1. The van der Waals surface area contributed by atoms with E-state index in [1.165, 1.54) is 0 Å². The molecule has 1 atom stereocenters. The molecule has 1 aliphatic heterocycles. The molecule has 1 amide bonds. The fraction of sp³-hybridized carbons (Fsp3) is 0.571. The van der Waals surface area contributed by atoms with Crippen LogP contribution in [0.5, 0.6) is 0 Å². The zero-order valence-corrected chi connectivity index (χ0v) is 16.7. The van der Waals surface area contributed by atoms with E-state index in [4.69, 9.17) is 4.74 Å². The number of Topliss-reactive ketones (excluding diaryl/α,β-unsaturated/α-hetero) is 1. The minimum atomic E-state index is -0.502. The van der Waals surface area contributed by atoms with Gasteiger partial charge in [-0.05, 0) is 52.5 Å². The number of aromatic nitrogens is 2. The third-order valence-electron chi connectivity index (χ3n) is 5.22. The van der Waals surface area contributed by atoms with Gasteiger partial charge in [0, 0.05) is 48.7 Å².